The van der Waals surface area contributed by atoms with Gasteiger partial charge in [-0.1, -0.05) is 53.0 Å². The molecule has 0 aromatic heterocycles. The standard InChI is InChI=1S/C20H12Cl3F3N2O3S/c21-14-8-11(9-15(22)18(14)23)19(29)27-16-6-1-2-7-17(16)28-32(30,31)13-5-3-4-12(10-13)20(24,25)26/h1-10,28H,(H,27,29). The molecule has 0 aliphatic heterocycles. The summed E-state index contributed by atoms with van der Waals surface area (Å²) in [6, 6.07) is 11.6. The zero-order valence-corrected chi connectivity index (χ0v) is 18.8. The van der Waals surface area contributed by atoms with Gasteiger partial charge in [0.1, 0.15) is 0 Å². The van der Waals surface area contributed by atoms with Gasteiger partial charge in [-0.15, -0.1) is 0 Å². The predicted octanol–water partition coefficient (Wildman–Crippen LogP) is 6.72. The second-order valence-corrected chi connectivity index (χ2v) is 9.26. The van der Waals surface area contributed by atoms with E-state index in [1.807, 2.05) is 0 Å². The molecule has 0 aliphatic carbocycles. The van der Waals surface area contributed by atoms with Gasteiger partial charge in [0, 0.05) is 5.56 Å². The van der Waals surface area contributed by atoms with Gasteiger partial charge >= 0.3 is 6.18 Å². The minimum atomic E-state index is -4.71. The Morgan fingerprint density at radius 1 is 0.844 bits per heavy atom. The molecule has 0 saturated carbocycles. The van der Waals surface area contributed by atoms with Gasteiger partial charge in [0.25, 0.3) is 15.9 Å². The molecule has 0 bridgehead atoms. The van der Waals surface area contributed by atoms with E-state index in [1.165, 1.54) is 36.4 Å². The van der Waals surface area contributed by atoms with Crippen LogP contribution in [0, 0.1) is 0 Å². The van der Waals surface area contributed by atoms with Crippen molar-refractivity contribution < 1.29 is 26.4 Å². The van der Waals surface area contributed by atoms with Crippen LogP contribution in [0.2, 0.25) is 15.1 Å². The molecular weight excluding hydrogens is 512 g/mol. The van der Waals surface area contributed by atoms with E-state index in [4.69, 9.17) is 34.8 Å². The number of carbonyl (C=O) groups excluding carboxylic acids is 1. The summed E-state index contributed by atoms with van der Waals surface area (Å²) >= 11 is 17.7. The Hall–Kier alpha value is -2.46. The van der Waals surface area contributed by atoms with Gasteiger partial charge < -0.3 is 5.32 Å². The molecule has 3 aromatic rings. The highest BCUT2D eigenvalue weighted by Gasteiger charge is 2.31. The smallest absolute Gasteiger partial charge is 0.320 e. The molecule has 0 heterocycles. The summed E-state index contributed by atoms with van der Waals surface area (Å²) in [6.07, 6.45) is -4.71. The van der Waals surface area contributed by atoms with Crippen molar-refractivity contribution in [1.82, 2.24) is 0 Å². The van der Waals surface area contributed by atoms with Crippen LogP contribution in [-0.4, -0.2) is 14.3 Å². The zero-order valence-electron chi connectivity index (χ0n) is 15.7. The molecule has 0 radical (unpaired) electrons. The molecule has 0 fully saturated rings. The number of hydrogen-bond acceptors (Lipinski definition) is 3. The summed E-state index contributed by atoms with van der Waals surface area (Å²) in [5.41, 5.74) is -1.07. The maximum Gasteiger partial charge on any atom is 0.416 e. The number of para-hydroxylation sites is 2. The Morgan fingerprint density at radius 3 is 2.03 bits per heavy atom. The summed E-state index contributed by atoms with van der Waals surface area (Å²) < 4.78 is 66.4. The maximum absolute atomic E-state index is 12.9. The van der Waals surface area contributed by atoms with Crippen LogP contribution >= 0.6 is 34.8 Å². The molecule has 168 valence electrons. The number of amides is 1. The number of rotatable bonds is 5. The lowest BCUT2D eigenvalue weighted by atomic mass is 10.2. The van der Waals surface area contributed by atoms with E-state index < -0.39 is 32.6 Å². The number of alkyl halides is 3. The third-order valence-electron chi connectivity index (χ3n) is 4.14. The van der Waals surface area contributed by atoms with Gasteiger partial charge in [0.05, 0.1) is 36.9 Å². The van der Waals surface area contributed by atoms with Gasteiger partial charge in [-0.2, -0.15) is 13.2 Å². The van der Waals surface area contributed by atoms with E-state index in [2.05, 4.69) is 10.0 Å². The number of hydrogen-bond donors (Lipinski definition) is 2. The fourth-order valence-electron chi connectivity index (χ4n) is 2.61. The van der Waals surface area contributed by atoms with E-state index >= 15 is 0 Å². The summed E-state index contributed by atoms with van der Waals surface area (Å²) in [4.78, 5) is 12.0. The zero-order chi connectivity index (χ0) is 23.7. The van der Waals surface area contributed by atoms with Gasteiger partial charge in [-0.25, -0.2) is 8.42 Å². The first-order valence-electron chi connectivity index (χ1n) is 8.63. The number of nitrogens with one attached hydrogen (secondary N) is 2. The Bertz CT molecular complexity index is 1280. The molecule has 3 rings (SSSR count). The number of carbonyl (C=O) groups is 1. The van der Waals surface area contributed by atoms with Crippen molar-refractivity contribution in [3.05, 3.63) is 86.9 Å². The van der Waals surface area contributed by atoms with E-state index in [1.54, 1.807) is 0 Å². The van der Waals surface area contributed by atoms with Crippen molar-refractivity contribution in [3.8, 4) is 0 Å². The molecule has 0 aliphatic rings. The lowest BCUT2D eigenvalue weighted by molar-refractivity contribution is -0.137. The van der Waals surface area contributed by atoms with Gasteiger partial charge in [-0.05, 0) is 42.5 Å². The van der Waals surface area contributed by atoms with Crippen molar-refractivity contribution in [2.75, 3.05) is 10.0 Å². The molecule has 12 heteroatoms. The van der Waals surface area contributed by atoms with Crippen molar-refractivity contribution in [2.24, 2.45) is 0 Å². The van der Waals surface area contributed by atoms with Gasteiger partial charge in [0.15, 0.2) is 0 Å². The Balaban J connectivity index is 1.90. The molecule has 0 atom stereocenters. The lowest BCUT2D eigenvalue weighted by Crippen LogP contribution is -2.18. The Kier molecular flexibility index (Phi) is 6.94. The van der Waals surface area contributed by atoms with E-state index in [0.717, 1.165) is 18.2 Å². The molecule has 32 heavy (non-hydrogen) atoms. The van der Waals surface area contributed by atoms with Crippen molar-refractivity contribution in [2.45, 2.75) is 11.1 Å². The average Bonchev–Trinajstić information content (AvgIpc) is 2.72. The first-order chi connectivity index (χ1) is 14.9. The summed E-state index contributed by atoms with van der Waals surface area (Å²) in [6.45, 7) is 0. The SMILES string of the molecule is O=C(Nc1ccccc1NS(=O)(=O)c1cccc(C(F)(F)F)c1)c1cc(Cl)c(Cl)c(Cl)c1. The van der Waals surface area contributed by atoms with Crippen molar-refractivity contribution >= 4 is 62.1 Å². The number of halogens is 6. The Morgan fingerprint density at radius 2 is 1.44 bits per heavy atom. The van der Waals surface area contributed by atoms with Crippen molar-refractivity contribution in [3.63, 3.8) is 0 Å². The van der Waals surface area contributed by atoms with Crippen LogP contribution in [-0.2, 0) is 16.2 Å². The molecule has 0 saturated heterocycles. The Labute approximate surface area is 196 Å². The van der Waals surface area contributed by atoms with Crippen LogP contribution in [0.25, 0.3) is 0 Å². The third-order valence-corrected chi connectivity index (χ3v) is 6.70. The summed E-state index contributed by atoms with van der Waals surface area (Å²) in [7, 11) is -4.40. The number of sulfonamides is 1. The van der Waals surface area contributed by atoms with Crippen LogP contribution in [0.5, 0.6) is 0 Å². The van der Waals surface area contributed by atoms with Crippen LogP contribution in [0.4, 0.5) is 24.5 Å². The molecular formula is C20H12Cl3F3N2O3S. The van der Waals surface area contributed by atoms with E-state index in [9.17, 15) is 26.4 Å². The fourth-order valence-corrected chi connectivity index (χ4v) is 4.33. The summed E-state index contributed by atoms with van der Waals surface area (Å²) in [5, 5.41) is 2.66. The maximum atomic E-state index is 12.9. The highest BCUT2D eigenvalue weighted by Crippen LogP contribution is 2.33. The first kappa shape index (κ1) is 24.2. The second-order valence-electron chi connectivity index (χ2n) is 6.38. The van der Waals surface area contributed by atoms with E-state index in [-0.39, 0.29) is 32.0 Å². The summed E-state index contributed by atoms with van der Waals surface area (Å²) in [5.74, 6) is -0.670. The van der Waals surface area contributed by atoms with Crippen LogP contribution < -0.4 is 10.0 Å². The highest BCUT2D eigenvalue weighted by molar-refractivity contribution is 7.92. The molecule has 3 aromatic carbocycles. The molecule has 2 N–H and O–H groups in total. The lowest BCUT2D eigenvalue weighted by Gasteiger charge is -2.15. The second kappa shape index (κ2) is 9.19. The molecule has 0 spiro atoms. The predicted molar refractivity (Wildman–Crippen MR) is 118 cm³/mol. The van der Waals surface area contributed by atoms with Crippen LogP contribution in [0.15, 0.2) is 65.6 Å². The molecule has 5 nitrogen and oxygen atoms in total. The number of anilines is 2. The van der Waals surface area contributed by atoms with Crippen LogP contribution in [0.3, 0.4) is 0 Å². The largest absolute Gasteiger partial charge is 0.416 e. The van der Waals surface area contributed by atoms with Gasteiger partial charge in [0.2, 0.25) is 0 Å². The monoisotopic (exact) mass is 522 g/mol. The highest BCUT2D eigenvalue weighted by atomic mass is 35.5. The average molecular weight is 524 g/mol. The van der Waals surface area contributed by atoms with Gasteiger partial charge in [-0.3, -0.25) is 9.52 Å². The van der Waals surface area contributed by atoms with Crippen molar-refractivity contribution in [1.29, 1.82) is 0 Å². The minimum Gasteiger partial charge on any atom is -0.320 e. The first-order valence-corrected chi connectivity index (χ1v) is 11.3. The van der Waals surface area contributed by atoms with Crippen LogP contribution in [0.1, 0.15) is 15.9 Å². The fraction of sp³-hybridized carbons (Fsp3) is 0.0500. The number of benzene rings is 3. The molecule has 0 unspecified atom stereocenters. The topological polar surface area (TPSA) is 75.3 Å². The van der Waals surface area contributed by atoms with E-state index in [0.29, 0.717) is 6.07 Å². The minimum absolute atomic E-state index is 0.0443. The quantitative estimate of drug-likeness (QED) is 0.365. The third kappa shape index (κ3) is 5.47. The molecule has 1 amide bonds. The normalized spacial score (nSPS) is 11.8.